The Morgan fingerprint density at radius 3 is 2.27 bits per heavy atom. The van der Waals surface area contributed by atoms with Crippen molar-refractivity contribution in [1.82, 2.24) is 0 Å². The molecule has 1 heteroatoms. The second-order valence-corrected chi connectivity index (χ2v) is 6.07. The summed E-state index contributed by atoms with van der Waals surface area (Å²) in [5.74, 6) is 1.37. The largest absolute Gasteiger partial charge is 0.145 e. The summed E-state index contributed by atoms with van der Waals surface area (Å²) in [5.41, 5.74) is 1.61. The smallest absolute Gasteiger partial charge is 0.0106 e. The van der Waals surface area contributed by atoms with E-state index in [-0.39, 0.29) is 0 Å². The van der Waals surface area contributed by atoms with Crippen LogP contribution in [0.1, 0.15) is 74.6 Å². The molecule has 0 aliphatic rings. The van der Waals surface area contributed by atoms with Crippen molar-refractivity contribution in [1.29, 1.82) is 0 Å². The monoisotopic (exact) mass is 224 g/mol. The second-order valence-electron chi connectivity index (χ2n) is 4.95. The number of hydrogen-bond donors (Lipinski definition) is 0. The molecule has 0 amide bonds. The zero-order valence-corrected chi connectivity index (χ0v) is 11.6. The molecule has 86 valence electrons. The van der Waals surface area contributed by atoms with E-state index in [1.165, 1.54) is 19.3 Å². The quantitative estimate of drug-likeness (QED) is 0.633. The van der Waals surface area contributed by atoms with Gasteiger partial charge in [-0.2, -0.15) is 0 Å². The first kappa shape index (κ1) is 12.8. The molecular weight excluding hydrogens is 200 g/mol. The van der Waals surface area contributed by atoms with Gasteiger partial charge in [0.05, 0.1) is 0 Å². The van der Waals surface area contributed by atoms with Gasteiger partial charge in [0.15, 0.2) is 0 Å². The maximum absolute atomic E-state index is 2.44. The molecule has 0 unspecified atom stereocenters. The Kier molecular flexibility index (Phi) is 4.85. The fourth-order valence-corrected chi connectivity index (χ4v) is 3.02. The fourth-order valence-electron chi connectivity index (χ4n) is 1.80. The van der Waals surface area contributed by atoms with Gasteiger partial charge in [-0.1, -0.05) is 41.0 Å². The lowest BCUT2D eigenvalue weighted by Gasteiger charge is -2.05. The van der Waals surface area contributed by atoms with Gasteiger partial charge in [0.1, 0.15) is 0 Å². The highest BCUT2D eigenvalue weighted by atomic mass is 32.1. The van der Waals surface area contributed by atoms with Crippen LogP contribution >= 0.6 is 11.3 Å². The molecule has 0 aromatic carbocycles. The highest BCUT2D eigenvalue weighted by Crippen LogP contribution is 2.34. The first-order chi connectivity index (χ1) is 7.06. The summed E-state index contributed by atoms with van der Waals surface area (Å²) in [5, 5.41) is 0. The number of aryl methyl sites for hydroxylation is 1. The van der Waals surface area contributed by atoms with Crippen molar-refractivity contribution in [3.8, 4) is 0 Å². The predicted octanol–water partition coefficient (Wildman–Crippen LogP) is 5.34. The van der Waals surface area contributed by atoms with Crippen molar-refractivity contribution in [3.63, 3.8) is 0 Å². The lowest BCUT2D eigenvalue weighted by molar-refractivity contribution is 0.776. The second kappa shape index (κ2) is 5.69. The first-order valence-corrected chi connectivity index (χ1v) is 7.00. The van der Waals surface area contributed by atoms with E-state index >= 15 is 0 Å². The van der Waals surface area contributed by atoms with E-state index < -0.39 is 0 Å². The molecule has 0 spiro atoms. The summed E-state index contributed by atoms with van der Waals surface area (Å²) >= 11 is 2.03. The Morgan fingerprint density at radius 1 is 1.13 bits per heavy atom. The van der Waals surface area contributed by atoms with Gasteiger partial charge in [0.2, 0.25) is 0 Å². The minimum absolute atomic E-state index is 0.683. The van der Waals surface area contributed by atoms with Crippen LogP contribution in [-0.2, 0) is 6.42 Å². The number of hydrogen-bond acceptors (Lipinski definition) is 1. The Morgan fingerprint density at radius 2 is 1.80 bits per heavy atom. The van der Waals surface area contributed by atoms with E-state index in [9.17, 15) is 0 Å². The molecule has 0 fully saturated rings. The Balaban J connectivity index is 2.90. The van der Waals surface area contributed by atoms with E-state index in [0.29, 0.717) is 11.8 Å². The first-order valence-electron chi connectivity index (χ1n) is 6.18. The van der Waals surface area contributed by atoms with Crippen LogP contribution in [0.15, 0.2) is 6.07 Å². The Labute approximate surface area is 98.7 Å². The standard InChI is InChI=1S/C14H24S/c1-6-7-8-12-9-13(10(2)3)15-14(12)11(4)5/h9-11H,6-8H2,1-5H3. The zero-order chi connectivity index (χ0) is 11.4. The topological polar surface area (TPSA) is 0 Å². The van der Waals surface area contributed by atoms with E-state index in [0.717, 1.165) is 0 Å². The van der Waals surface area contributed by atoms with Crippen LogP contribution in [0.2, 0.25) is 0 Å². The molecule has 0 N–H and O–H groups in total. The van der Waals surface area contributed by atoms with Crippen LogP contribution in [0.3, 0.4) is 0 Å². The van der Waals surface area contributed by atoms with Gasteiger partial charge in [-0.15, -0.1) is 11.3 Å². The molecule has 0 aliphatic carbocycles. The van der Waals surface area contributed by atoms with Crippen LogP contribution in [0, 0.1) is 0 Å². The van der Waals surface area contributed by atoms with Gasteiger partial charge in [0, 0.05) is 9.75 Å². The zero-order valence-electron chi connectivity index (χ0n) is 10.8. The third-order valence-electron chi connectivity index (χ3n) is 2.75. The average Bonchev–Trinajstić information content (AvgIpc) is 2.58. The van der Waals surface area contributed by atoms with Crippen molar-refractivity contribution in [2.45, 2.75) is 65.7 Å². The lowest BCUT2D eigenvalue weighted by atomic mass is 10.0. The van der Waals surface area contributed by atoms with E-state index in [1.807, 2.05) is 11.3 Å². The number of rotatable bonds is 5. The van der Waals surface area contributed by atoms with Crippen molar-refractivity contribution in [2.75, 3.05) is 0 Å². The van der Waals surface area contributed by atoms with Crippen LogP contribution in [-0.4, -0.2) is 0 Å². The summed E-state index contributed by atoms with van der Waals surface area (Å²) < 4.78 is 0. The molecule has 0 radical (unpaired) electrons. The fraction of sp³-hybridized carbons (Fsp3) is 0.714. The van der Waals surface area contributed by atoms with Gasteiger partial charge < -0.3 is 0 Å². The molecule has 0 saturated heterocycles. The molecule has 1 aromatic heterocycles. The molecule has 15 heavy (non-hydrogen) atoms. The molecule has 0 saturated carbocycles. The van der Waals surface area contributed by atoms with E-state index in [4.69, 9.17) is 0 Å². The lowest BCUT2D eigenvalue weighted by Crippen LogP contribution is -1.90. The van der Waals surface area contributed by atoms with Gasteiger partial charge in [-0.3, -0.25) is 0 Å². The summed E-state index contributed by atoms with van der Waals surface area (Å²) in [6.07, 6.45) is 3.89. The molecule has 0 aliphatic heterocycles. The maximum atomic E-state index is 2.44. The van der Waals surface area contributed by atoms with Crippen molar-refractivity contribution in [3.05, 3.63) is 21.4 Å². The molecule has 1 aromatic rings. The van der Waals surface area contributed by atoms with Gasteiger partial charge in [-0.05, 0) is 36.3 Å². The predicted molar refractivity (Wildman–Crippen MR) is 71.1 cm³/mol. The number of thiophene rings is 1. The normalized spacial score (nSPS) is 11.7. The molecule has 1 rings (SSSR count). The highest BCUT2D eigenvalue weighted by molar-refractivity contribution is 7.12. The van der Waals surface area contributed by atoms with Crippen LogP contribution in [0.25, 0.3) is 0 Å². The summed E-state index contributed by atoms with van der Waals surface area (Å²) in [7, 11) is 0. The highest BCUT2D eigenvalue weighted by Gasteiger charge is 2.13. The van der Waals surface area contributed by atoms with Gasteiger partial charge >= 0.3 is 0 Å². The SMILES string of the molecule is CCCCc1cc(C(C)C)sc1C(C)C. The third-order valence-corrected chi connectivity index (χ3v) is 4.53. The Hall–Kier alpha value is -0.300. The molecule has 0 bridgehead atoms. The van der Waals surface area contributed by atoms with Crippen LogP contribution < -0.4 is 0 Å². The van der Waals surface area contributed by atoms with Crippen LogP contribution in [0.5, 0.6) is 0 Å². The summed E-state index contributed by atoms with van der Waals surface area (Å²) in [6.45, 7) is 11.5. The maximum Gasteiger partial charge on any atom is 0.0106 e. The van der Waals surface area contributed by atoms with Crippen molar-refractivity contribution >= 4 is 11.3 Å². The van der Waals surface area contributed by atoms with Crippen LogP contribution in [0.4, 0.5) is 0 Å². The van der Waals surface area contributed by atoms with Gasteiger partial charge in [0.25, 0.3) is 0 Å². The summed E-state index contributed by atoms with van der Waals surface area (Å²) in [4.78, 5) is 3.18. The summed E-state index contributed by atoms with van der Waals surface area (Å²) in [6, 6.07) is 2.44. The minimum atomic E-state index is 0.683. The molecule has 0 nitrogen and oxygen atoms in total. The van der Waals surface area contributed by atoms with Crippen molar-refractivity contribution < 1.29 is 0 Å². The molecule has 0 atom stereocenters. The average molecular weight is 224 g/mol. The minimum Gasteiger partial charge on any atom is -0.145 e. The Bertz CT molecular complexity index is 294. The third kappa shape index (κ3) is 3.34. The molecule has 1 heterocycles. The molecular formula is C14H24S. The van der Waals surface area contributed by atoms with Crippen molar-refractivity contribution in [2.24, 2.45) is 0 Å². The van der Waals surface area contributed by atoms with Gasteiger partial charge in [-0.25, -0.2) is 0 Å². The van der Waals surface area contributed by atoms with E-state index in [1.54, 1.807) is 15.3 Å². The van der Waals surface area contributed by atoms with E-state index in [2.05, 4.69) is 40.7 Å². The number of unbranched alkanes of at least 4 members (excludes halogenated alkanes) is 1.